The Hall–Kier alpha value is -4.89. The number of benzene rings is 6. The highest BCUT2D eigenvalue weighted by Crippen LogP contribution is 2.50. The first-order valence-corrected chi connectivity index (χ1v) is 19.3. The third-order valence-corrected chi connectivity index (χ3v) is 12.9. The van der Waals surface area contributed by atoms with Gasteiger partial charge in [-0.3, -0.25) is 0 Å². The predicted octanol–water partition coefficient (Wildman–Crippen LogP) is 14.4. The molecule has 1 atom stereocenters. The Kier molecular flexibility index (Phi) is 8.15. The van der Waals surface area contributed by atoms with Gasteiger partial charge in [-0.25, -0.2) is 0 Å². The topological polar surface area (TPSA) is 0 Å². The van der Waals surface area contributed by atoms with Crippen LogP contribution in [0.2, 0.25) is 0 Å². The van der Waals surface area contributed by atoms with E-state index in [1.165, 1.54) is 92.2 Å². The molecule has 0 fully saturated rings. The molecule has 0 saturated heterocycles. The minimum atomic E-state index is 0.480. The van der Waals surface area contributed by atoms with Crippen molar-refractivity contribution in [2.75, 3.05) is 0 Å². The number of allylic oxidation sites excluding steroid dienone is 2. The molecule has 2 aliphatic rings. The van der Waals surface area contributed by atoms with Crippen molar-refractivity contribution in [1.29, 1.82) is 0 Å². The summed E-state index contributed by atoms with van der Waals surface area (Å²) in [4.78, 5) is 3.99. The van der Waals surface area contributed by atoms with Gasteiger partial charge < -0.3 is 0 Å². The highest BCUT2D eigenvalue weighted by atomic mass is 32.2. The van der Waals surface area contributed by atoms with E-state index in [2.05, 4.69) is 166 Å². The standard InChI is InChI=1S/C48H38S2/c1-31-19-21-39-41(27-31)47(37-17-9-15-35(29-37)45-25-23-43(49-45)33-11-5-3-6-12-33)40-22-20-32(2)28-42(40)48(39)38-18-10-16-36(30-38)46-26-24-44(50-46)34-13-7-4-8-14-34/h3-19,21,24-30,43H,20,22-23H2,1-2H3. The van der Waals surface area contributed by atoms with E-state index in [0.29, 0.717) is 5.25 Å². The lowest BCUT2D eigenvalue weighted by atomic mass is 9.78. The number of hydrogen-bond acceptors (Lipinski definition) is 2. The highest BCUT2D eigenvalue weighted by molar-refractivity contribution is 8.08. The van der Waals surface area contributed by atoms with E-state index in [9.17, 15) is 0 Å². The number of thiophene rings is 1. The molecule has 1 aliphatic heterocycles. The monoisotopic (exact) mass is 678 g/mol. The summed E-state index contributed by atoms with van der Waals surface area (Å²) in [5, 5.41) is 3.16. The van der Waals surface area contributed by atoms with Crippen LogP contribution in [0.5, 0.6) is 0 Å². The van der Waals surface area contributed by atoms with Crippen LogP contribution in [0.4, 0.5) is 0 Å². The molecule has 9 rings (SSSR count). The average molecular weight is 679 g/mol. The van der Waals surface area contributed by atoms with Crippen LogP contribution in [0, 0.1) is 6.92 Å². The molecule has 1 aliphatic carbocycles. The smallest absolute Gasteiger partial charge is 0.0379 e. The normalized spacial score (nSPS) is 15.5. The number of rotatable bonds is 6. The molecule has 2 heterocycles. The van der Waals surface area contributed by atoms with Gasteiger partial charge >= 0.3 is 0 Å². The lowest BCUT2D eigenvalue weighted by molar-refractivity contribution is 0.932. The molecule has 0 N–H and O–H groups in total. The quantitative estimate of drug-likeness (QED) is 0.169. The van der Waals surface area contributed by atoms with Gasteiger partial charge in [0, 0.05) is 19.9 Å². The van der Waals surface area contributed by atoms with Gasteiger partial charge in [0.1, 0.15) is 0 Å². The van der Waals surface area contributed by atoms with Crippen molar-refractivity contribution >= 4 is 44.9 Å². The number of thioether (sulfide) groups is 1. The van der Waals surface area contributed by atoms with Crippen molar-refractivity contribution < 1.29 is 0 Å². The summed E-state index contributed by atoms with van der Waals surface area (Å²) in [6.07, 6.45) is 8.13. The summed E-state index contributed by atoms with van der Waals surface area (Å²) < 4.78 is 0. The summed E-state index contributed by atoms with van der Waals surface area (Å²) >= 11 is 3.88. The number of fused-ring (bicyclic) bond motifs is 2. The molecule has 0 radical (unpaired) electrons. The van der Waals surface area contributed by atoms with Crippen LogP contribution in [0.25, 0.3) is 64.9 Å². The lowest BCUT2D eigenvalue weighted by Crippen LogP contribution is -2.05. The van der Waals surface area contributed by atoms with Crippen molar-refractivity contribution in [3.05, 3.63) is 179 Å². The first-order chi connectivity index (χ1) is 24.6. The fraction of sp³-hybridized carbons (Fsp3) is 0.125. The average Bonchev–Trinajstić information content (AvgIpc) is 3.87. The lowest BCUT2D eigenvalue weighted by Gasteiger charge is -2.26. The van der Waals surface area contributed by atoms with E-state index in [-0.39, 0.29) is 0 Å². The van der Waals surface area contributed by atoms with Crippen molar-refractivity contribution in [2.24, 2.45) is 0 Å². The Morgan fingerprint density at radius 3 is 2.00 bits per heavy atom. The van der Waals surface area contributed by atoms with Gasteiger partial charge in [0.15, 0.2) is 0 Å². The molecular weight excluding hydrogens is 641 g/mol. The van der Waals surface area contributed by atoms with Crippen LogP contribution in [0.15, 0.2) is 151 Å². The molecule has 2 heteroatoms. The summed E-state index contributed by atoms with van der Waals surface area (Å²) in [6, 6.07) is 51.9. The first kappa shape index (κ1) is 31.1. The number of aryl methyl sites for hydroxylation is 1. The SMILES string of the molecule is CC1=Cc2c(c(-c3cccc(C4=CCC(c5ccccc5)S4)c3)c3cc(C)ccc3c2-c2cccc(-c3ccc(-c4ccccc4)s3)c2)CC1. The van der Waals surface area contributed by atoms with Crippen LogP contribution < -0.4 is 0 Å². The maximum absolute atomic E-state index is 2.48. The van der Waals surface area contributed by atoms with Crippen molar-refractivity contribution in [3.8, 4) is 43.1 Å². The van der Waals surface area contributed by atoms with Gasteiger partial charge in [-0.15, -0.1) is 23.1 Å². The first-order valence-electron chi connectivity index (χ1n) is 17.6. The molecular formula is C48H38S2. The molecule has 242 valence electrons. The number of hydrogen-bond donors (Lipinski definition) is 0. The summed E-state index contributed by atoms with van der Waals surface area (Å²) in [5.74, 6) is 0. The molecule has 0 amide bonds. The van der Waals surface area contributed by atoms with Crippen molar-refractivity contribution in [3.63, 3.8) is 0 Å². The second-order valence-electron chi connectivity index (χ2n) is 13.7. The van der Waals surface area contributed by atoms with Gasteiger partial charge in [-0.05, 0) is 124 Å². The van der Waals surface area contributed by atoms with Crippen molar-refractivity contribution in [1.82, 2.24) is 0 Å². The Labute approximate surface area is 303 Å². The molecule has 0 saturated carbocycles. The minimum Gasteiger partial charge on any atom is -0.135 e. The van der Waals surface area contributed by atoms with Crippen molar-refractivity contribution in [2.45, 2.75) is 38.4 Å². The fourth-order valence-electron chi connectivity index (χ4n) is 7.80. The summed E-state index contributed by atoms with van der Waals surface area (Å²) in [7, 11) is 0. The maximum atomic E-state index is 2.48. The highest BCUT2D eigenvalue weighted by Gasteiger charge is 2.25. The van der Waals surface area contributed by atoms with Gasteiger partial charge in [0.2, 0.25) is 0 Å². The largest absolute Gasteiger partial charge is 0.135 e. The maximum Gasteiger partial charge on any atom is 0.0379 e. The molecule has 7 aromatic rings. The molecule has 50 heavy (non-hydrogen) atoms. The minimum absolute atomic E-state index is 0.480. The summed E-state index contributed by atoms with van der Waals surface area (Å²) in [6.45, 7) is 4.53. The van der Waals surface area contributed by atoms with E-state index in [1.54, 1.807) is 0 Å². The third kappa shape index (κ3) is 5.77. The van der Waals surface area contributed by atoms with Gasteiger partial charge in [-0.1, -0.05) is 139 Å². The van der Waals surface area contributed by atoms with Crippen LogP contribution in [0.3, 0.4) is 0 Å². The fourth-order valence-corrected chi connectivity index (χ4v) is 10.1. The van der Waals surface area contributed by atoms with Crippen LogP contribution >= 0.6 is 23.1 Å². The molecule has 6 aromatic carbocycles. The van der Waals surface area contributed by atoms with E-state index in [1.807, 2.05) is 23.1 Å². The van der Waals surface area contributed by atoms with Gasteiger partial charge in [0.25, 0.3) is 0 Å². The molecule has 1 unspecified atom stereocenters. The summed E-state index contributed by atoms with van der Waals surface area (Å²) in [5.41, 5.74) is 16.2. The molecule has 0 bridgehead atoms. The Morgan fingerprint density at radius 1 is 0.540 bits per heavy atom. The van der Waals surface area contributed by atoms with E-state index in [0.717, 1.165) is 19.3 Å². The van der Waals surface area contributed by atoms with E-state index >= 15 is 0 Å². The Morgan fingerprint density at radius 2 is 1.20 bits per heavy atom. The zero-order chi connectivity index (χ0) is 33.6. The molecule has 1 aromatic heterocycles. The second-order valence-corrected chi connectivity index (χ2v) is 16.0. The van der Waals surface area contributed by atoms with Gasteiger partial charge in [0.05, 0.1) is 0 Å². The van der Waals surface area contributed by atoms with E-state index < -0.39 is 0 Å². The van der Waals surface area contributed by atoms with Crippen LogP contribution in [0.1, 0.15) is 52.8 Å². The second kappa shape index (κ2) is 13.1. The van der Waals surface area contributed by atoms with E-state index in [4.69, 9.17) is 0 Å². The van der Waals surface area contributed by atoms with Crippen LogP contribution in [-0.2, 0) is 6.42 Å². The zero-order valence-electron chi connectivity index (χ0n) is 28.4. The Bertz CT molecular complexity index is 2440. The zero-order valence-corrected chi connectivity index (χ0v) is 30.1. The van der Waals surface area contributed by atoms with Crippen LogP contribution in [-0.4, -0.2) is 0 Å². The molecule has 0 nitrogen and oxygen atoms in total. The molecule has 0 spiro atoms. The predicted molar refractivity (Wildman–Crippen MR) is 220 cm³/mol. The third-order valence-electron chi connectivity index (χ3n) is 10.3. The van der Waals surface area contributed by atoms with Gasteiger partial charge in [-0.2, -0.15) is 0 Å². The Balaban J connectivity index is 1.17.